The summed E-state index contributed by atoms with van der Waals surface area (Å²) in [6.07, 6.45) is 3.45. The lowest BCUT2D eigenvalue weighted by atomic mass is 10.3. The second kappa shape index (κ2) is 7.23. The molecule has 24 heavy (non-hydrogen) atoms. The Balaban J connectivity index is 1.76. The van der Waals surface area contributed by atoms with Crippen molar-refractivity contribution in [2.24, 2.45) is 0 Å². The molecular formula is C18H17N3O2S. The molecule has 0 radical (unpaired) electrons. The van der Waals surface area contributed by atoms with E-state index in [-0.39, 0.29) is 5.91 Å². The number of pyridine rings is 1. The molecule has 0 fully saturated rings. The summed E-state index contributed by atoms with van der Waals surface area (Å²) in [4.78, 5) is 21.7. The van der Waals surface area contributed by atoms with Crippen LogP contribution in [0.1, 0.15) is 22.3 Å². The van der Waals surface area contributed by atoms with E-state index in [9.17, 15) is 4.79 Å². The zero-order valence-corrected chi connectivity index (χ0v) is 14.3. The van der Waals surface area contributed by atoms with E-state index in [0.717, 1.165) is 22.0 Å². The monoisotopic (exact) mass is 339 g/mol. The van der Waals surface area contributed by atoms with E-state index in [0.29, 0.717) is 17.2 Å². The first kappa shape index (κ1) is 16.1. The summed E-state index contributed by atoms with van der Waals surface area (Å²) in [6, 6.07) is 11.1. The highest BCUT2D eigenvalue weighted by Gasteiger charge is 2.16. The number of nitrogens with one attached hydrogen (secondary N) is 1. The van der Waals surface area contributed by atoms with Crippen LogP contribution in [0.5, 0.6) is 5.75 Å². The number of nitrogens with zero attached hydrogens (tertiary/aromatic N) is 2. The van der Waals surface area contributed by atoms with E-state index >= 15 is 0 Å². The normalized spacial score (nSPS) is 10.4. The summed E-state index contributed by atoms with van der Waals surface area (Å²) in [7, 11) is 0. The van der Waals surface area contributed by atoms with E-state index in [2.05, 4.69) is 15.3 Å². The predicted molar refractivity (Wildman–Crippen MR) is 95.6 cm³/mol. The third-order valence-electron chi connectivity index (χ3n) is 3.33. The van der Waals surface area contributed by atoms with Gasteiger partial charge in [-0.2, -0.15) is 0 Å². The minimum atomic E-state index is -0.163. The van der Waals surface area contributed by atoms with Gasteiger partial charge in [0.25, 0.3) is 5.91 Å². The number of thiazole rings is 1. The number of aromatic nitrogens is 2. The molecule has 2 heterocycles. The highest BCUT2D eigenvalue weighted by atomic mass is 32.1. The fourth-order valence-electron chi connectivity index (χ4n) is 2.21. The summed E-state index contributed by atoms with van der Waals surface area (Å²) >= 11 is 1.36. The van der Waals surface area contributed by atoms with Gasteiger partial charge in [-0.3, -0.25) is 9.78 Å². The molecule has 3 aromatic rings. The van der Waals surface area contributed by atoms with Crippen molar-refractivity contribution in [3.8, 4) is 16.3 Å². The van der Waals surface area contributed by atoms with Gasteiger partial charge in [0.15, 0.2) is 0 Å². The molecule has 0 unspecified atom stereocenters. The van der Waals surface area contributed by atoms with Gasteiger partial charge in [-0.05, 0) is 50.2 Å². The van der Waals surface area contributed by atoms with Crippen LogP contribution in [0.2, 0.25) is 0 Å². The van der Waals surface area contributed by atoms with Gasteiger partial charge in [0.2, 0.25) is 0 Å². The van der Waals surface area contributed by atoms with Crippen molar-refractivity contribution < 1.29 is 9.53 Å². The standard InChI is InChI=1S/C18H17N3O2S/c1-3-23-15-8-6-14(7-9-15)21-17(22)16-12(2)20-18(24-16)13-5-4-10-19-11-13/h4-11H,3H2,1-2H3,(H,21,22). The first-order chi connectivity index (χ1) is 11.7. The number of ether oxygens (including phenoxy) is 1. The summed E-state index contributed by atoms with van der Waals surface area (Å²) < 4.78 is 5.40. The fourth-order valence-corrected chi connectivity index (χ4v) is 3.16. The maximum atomic E-state index is 12.5. The Morgan fingerprint density at radius 3 is 2.71 bits per heavy atom. The third-order valence-corrected chi connectivity index (χ3v) is 4.54. The number of rotatable bonds is 5. The van der Waals surface area contributed by atoms with Gasteiger partial charge in [0.05, 0.1) is 12.3 Å². The van der Waals surface area contributed by atoms with Crippen LogP contribution >= 0.6 is 11.3 Å². The Morgan fingerprint density at radius 1 is 1.25 bits per heavy atom. The highest BCUT2D eigenvalue weighted by Crippen LogP contribution is 2.28. The van der Waals surface area contributed by atoms with Crippen molar-refractivity contribution in [3.05, 3.63) is 59.4 Å². The first-order valence-electron chi connectivity index (χ1n) is 7.59. The summed E-state index contributed by atoms with van der Waals surface area (Å²) in [5.41, 5.74) is 2.34. The number of hydrogen-bond acceptors (Lipinski definition) is 5. The van der Waals surface area contributed by atoms with Crippen molar-refractivity contribution in [2.75, 3.05) is 11.9 Å². The van der Waals surface area contributed by atoms with Crippen molar-refractivity contribution in [1.29, 1.82) is 0 Å². The number of carbonyl (C=O) groups excluding carboxylic acids is 1. The van der Waals surface area contributed by atoms with Crippen molar-refractivity contribution in [3.63, 3.8) is 0 Å². The van der Waals surface area contributed by atoms with E-state index in [1.807, 2.05) is 50.2 Å². The number of carbonyl (C=O) groups is 1. The zero-order valence-electron chi connectivity index (χ0n) is 13.4. The Hall–Kier alpha value is -2.73. The lowest BCUT2D eigenvalue weighted by Crippen LogP contribution is -2.11. The lowest BCUT2D eigenvalue weighted by Gasteiger charge is -2.06. The number of benzene rings is 1. The predicted octanol–water partition coefficient (Wildman–Crippen LogP) is 4.16. The van der Waals surface area contributed by atoms with Crippen LogP contribution < -0.4 is 10.1 Å². The molecule has 0 saturated heterocycles. The second-order valence-corrected chi connectivity index (χ2v) is 6.09. The van der Waals surface area contributed by atoms with E-state index in [1.54, 1.807) is 12.4 Å². The molecule has 0 aliphatic rings. The van der Waals surface area contributed by atoms with Crippen LogP contribution in [0.3, 0.4) is 0 Å². The molecule has 5 nitrogen and oxygen atoms in total. The van der Waals surface area contributed by atoms with Crippen molar-refractivity contribution in [1.82, 2.24) is 9.97 Å². The molecule has 0 bridgehead atoms. The molecular weight excluding hydrogens is 322 g/mol. The van der Waals surface area contributed by atoms with Crippen LogP contribution in [-0.2, 0) is 0 Å². The molecule has 1 N–H and O–H groups in total. The van der Waals surface area contributed by atoms with Gasteiger partial charge in [0, 0.05) is 23.6 Å². The fraction of sp³-hybridized carbons (Fsp3) is 0.167. The summed E-state index contributed by atoms with van der Waals surface area (Å²) in [5.74, 6) is 0.618. The zero-order chi connectivity index (χ0) is 16.9. The van der Waals surface area contributed by atoms with E-state index in [4.69, 9.17) is 4.74 Å². The molecule has 6 heteroatoms. The minimum absolute atomic E-state index is 0.163. The molecule has 0 spiro atoms. The lowest BCUT2D eigenvalue weighted by molar-refractivity contribution is 0.103. The SMILES string of the molecule is CCOc1ccc(NC(=O)c2sc(-c3cccnc3)nc2C)cc1. The summed E-state index contributed by atoms with van der Waals surface area (Å²) in [5, 5.41) is 3.68. The number of hydrogen-bond donors (Lipinski definition) is 1. The third kappa shape index (κ3) is 3.60. The topological polar surface area (TPSA) is 64.1 Å². The molecule has 0 aliphatic carbocycles. The van der Waals surface area contributed by atoms with Crippen LogP contribution in [0, 0.1) is 6.92 Å². The molecule has 0 aliphatic heterocycles. The molecule has 2 aromatic heterocycles. The van der Waals surface area contributed by atoms with E-state index < -0.39 is 0 Å². The van der Waals surface area contributed by atoms with Crippen LogP contribution in [0.15, 0.2) is 48.8 Å². The van der Waals surface area contributed by atoms with E-state index in [1.165, 1.54) is 11.3 Å². The smallest absolute Gasteiger partial charge is 0.267 e. The number of aryl methyl sites for hydroxylation is 1. The second-order valence-electron chi connectivity index (χ2n) is 5.09. The van der Waals surface area contributed by atoms with Gasteiger partial charge in [-0.25, -0.2) is 4.98 Å². The average molecular weight is 339 g/mol. The largest absolute Gasteiger partial charge is 0.494 e. The van der Waals surface area contributed by atoms with Gasteiger partial charge in [-0.1, -0.05) is 0 Å². The quantitative estimate of drug-likeness (QED) is 0.758. The number of amides is 1. The Kier molecular flexibility index (Phi) is 4.86. The van der Waals surface area contributed by atoms with Gasteiger partial charge in [-0.15, -0.1) is 11.3 Å². The molecule has 1 amide bonds. The molecule has 122 valence electrons. The average Bonchev–Trinajstić information content (AvgIpc) is 3.00. The Morgan fingerprint density at radius 2 is 2.04 bits per heavy atom. The Labute approximate surface area is 144 Å². The Bertz CT molecular complexity index is 829. The maximum absolute atomic E-state index is 12.5. The maximum Gasteiger partial charge on any atom is 0.267 e. The highest BCUT2D eigenvalue weighted by molar-refractivity contribution is 7.17. The van der Waals surface area contributed by atoms with Crippen LogP contribution in [0.4, 0.5) is 5.69 Å². The van der Waals surface area contributed by atoms with Crippen molar-refractivity contribution in [2.45, 2.75) is 13.8 Å². The molecule has 0 atom stereocenters. The van der Waals surface area contributed by atoms with Gasteiger partial charge in [0.1, 0.15) is 15.6 Å². The summed E-state index contributed by atoms with van der Waals surface area (Å²) in [6.45, 7) is 4.38. The van der Waals surface area contributed by atoms with Crippen LogP contribution in [0.25, 0.3) is 10.6 Å². The van der Waals surface area contributed by atoms with Crippen LogP contribution in [-0.4, -0.2) is 22.5 Å². The molecule has 0 saturated carbocycles. The molecule has 1 aromatic carbocycles. The van der Waals surface area contributed by atoms with Gasteiger partial charge >= 0.3 is 0 Å². The number of anilines is 1. The first-order valence-corrected chi connectivity index (χ1v) is 8.41. The van der Waals surface area contributed by atoms with Gasteiger partial charge < -0.3 is 10.1 Å². The van der Waals surface area contributed by atoms with Crippen molar-refractivity contribution >= 4 is 22.9 Å². The molecule has 3 rings (SSSR count). The minimum Gasteiger partial charge on any atom is -0.494 e.